The van der Waals surface area contributed by atoms with Gasteiger partial charge < -0.3 is 9.32 Å². The summed E-state index contributed by atoms with van der Waals surface area (Å²) < 4.78 is 5.02. The minimum atomic E-state index is -0.604. The Balaban J connectivity index is 2.19. The average Bonchev–Trinajstić information content (AvgIpc) is 2.86. The van der Waals surface area contributed by atoms with Crippen LogP contribution in [-0.4, -0.2) is 40.5 Å². The molecular formula is C11H11N5O3. The molecule has 8 heteroatoms. The average molecular weight is 261 g/mol. The summed E-state index contributed by atoms with van der Waals surface area (Å²) >= 11 is 0. The molecule has 0 atom stereocenters. The summed E-state index contributed by atoms with van der Waals surface area (Å²) in [5.74, 6) is 0.410. The summed E-state index contributed by atoms with van der Waals surface area (Å²) in [7, 11) is 3.68. The van der Waals surface area contributed by atoms with Crippen LogP contribution in [0.15, 0.2) is 33.7 Å². The Bertz CT molecular complexity index is 603. The molecule has 2 aromatic rings. The van der Waals surface area contributed by atoms with Crippen LogP contribution in [0.2, 0.25) is 0 Å². The molecule has 0 spiro atoms. The topological polar surface area (TPSA) is 97.7 Å². The molecule has 0 N–H and O–H groups in total. The Hall–Kier alpha value is -2.77. The van der Waals surface area contributed by atoms with Crippen molar-refractivity contribution < 1.29 is 9.34 Å². The smallest absolute Gasteiger partial charge is 0.399 e. The van der Waals surface area contributed by atoms with E-state index in [1.54, 1.807) is 23.4 Å². The van der Waals surface area contributed by atoms with Crippen molar-refractivity contribution in [2.45, 2.75) is 0 Å². The Morgan fingerprint density at radius 2 is 2.11 bits per heavy atom. The van der Waals surface area contributed by atoms with E-state index in [-0.39, 0.29) is 5.88 Å². The van der Waals surface area contributed by atoms with Crippen LogP contribution >= 0.6 is 0 Å². The van der Waals surface area contributed by atoms with Crippen LogP contribution in [0.25, 0.3) is 11.5 Å². The quantitative estimate of drug-likeness (QED) is 0.360. The largest absolute Gasteiger partial charge is 0.433 e. The first-order valence-corrected chi connectivity index (χ1v) is 5.35. The first-order chi connectivity index (χ1) is 9.06. The van der Waals surface area contributed by atoms with Gasteiger partial charge in [-0.1, -0.05) is 0 Å². The van der Waals surface area contributed by atoms with Crippen LogP contribution in [0.4, 0.5) is 11.7 Å². The summed E-state index contributed by atoms with van der Waals surface area (Å²) in [6.07, 6.45) is 1.60. The fourth-order valence-electron chi connectivity index (χ4n) is 1.26. The third kappa shape index (κ3) is 3.12. The van der Waals surface area contributed by atoms with E-state index in [4.69, 9.17) is 4.42 Å². The molecule has 0 saturated carbocycles. The van der Waals surface area contributed by atoms with Crippen LogP contribution in [0.5, 0.6) is 0 Å². The first-order valence-electron chi connectivity index (χ1n) is 5.35. The maximum atomic E-state index is 10.5. The third-order valence-electron chi connectivity index (χ3n) is 2.10. The summed E-state index contributed by atoms with van der Waals surface area (Å²) in [5, 5.41) is 18.3. The van der Waals surface area contributed by atoms with Gasteiger partial charge in [0.25, 0.3) is 0 Å². The minimum absolute atomic E-state index is 0.294. The second-order valence-corrected chi connectivity index (χ2v) is 3.88. The van der Waals surface area contributed by atoms with Gasteiger partial charge in [-0.3, -0.25) is 10.1 Å². The zero-order chi connectivity index (χ0) is 13.8. The monoisotopic (exact) mass is 261 g/mol. The van der Waals surface area contributed by atoms with Crippen molar-refractivity contribution in [1.82, 2.24) is 15.1 Å². The van der Waals surface area contributed by atoms with Crippen LogP contribution in [0, 0.1) is 10.1 Å². The molecule has 0 bridgehead atoms. The van der Waals surface area contributed by atoms with E-state index in [9.17, 15) is 10.1 Å². The van der Waals surface area contributed by atoms with E-state index in [1.165, 1.54) is 12.1 Å². The number of aliphatic imine (C=N–C) groups is 1. The highest BCUT2D eigenvalue weighted by Gasteiger charge is 2.14. The molecule has 19 heavy (non-hydrogen) atoms. The molecular weight excluding hydrogens is 250 g/mol. The Labute approximate surface area is 108 Å². The molecule has 0 aromatic carbocycles. The number of nitrogens with zero attached hydrogens (tertiary/aromatic N) is 5. The van der Waals surface area contributed by atoms with Crippen molar-refractivity contribution in [2.75, 3.05) is 14.1 Å². The lowest BCUT2D eigenvalue weighted by Gasteiger charge is -2.01. The van der Waals surface area contributed by atoms with Gasteiger partial charge in [0.1, 0.15) is 10.6 Å². The molecule has 0 aliphatic carbocycles. The molecule has 0 fully saturated rings. The van der Waals surface area contributed by atoms with Gasteiger partial charge in [0.05, 0.1) is 12.4 Å². The van der Waals surface area contributed by atoms with Crippen molar-refractivity contribution in [1.29, 1.82) is 0 Å². The predicted octanol–water partition coefficient (Wildman–Crippen LogP) is 1.87. The number of hydrogen-bond acceptors (Lipinski definition) is 6. The zero-order valence-corrected chi connectivity index (χ0v) is 10.3. The SMILES string of the molecule is CN(C)/C=N/c1ccc(-c2ccc([N+](=O)[O-])o2)nn1. The van der Waals surface area contributed by atoms with Crippen LogP contribution < -0.4 is 0 Å². The highest BCUT2D eigenvalue weighted by molar-refractivity contribution is 5.60. The van der Waals surface area contributed by atoms with Gasteiger partial charge in [-0.2, -0.15) is 0 Å². The molecule has 0 aliphatic rings. The van der Waals surface area contributed by atoms with E-state index in [1.807, 2.05) is 14.1 Å². The molecule has 0 aliphatic heterocycles. The first kappa shape index (κ1) is 12.7. The number of furan rings is 1. The Morgan fingerprint density at radius 3 is 2.63 bits per heavy atom. The maximum Gasteiger partial charge on any atom is 0.433 e. The molecule has 0 saturated heterocycles. The Morgan fingerprint density at radius 1 is 1.32 bits per heavy atom. The van der Waals surface area contributed by atoms with Gasteiger partial charge in [-0.05, 0) is 18.2 Å². The minimum Gasteiger partial charge on any atom is -0.399 e. The van der Waals surface area contributed by atoms with E-state index in [0.29, 0.717) is 17.3 Å². The lowest BCUT2D eigenvalue weighted by atomic mass is 10.3. The molecule has 0 unspecified atom stereocenters. The lowest BCUT2D eigenvalue weighted by molar-refractivity contribution is -0.401. The number of aromatic nitrogens is 2. The van der Waals surface area contributed by atoms with Crippen LogP contribution in [0.3, 0.4) is 0 Å². The number of nitro groups is 1. The number of hydrogen-bond donors (Lipinski definition) is 0. The van der Waals surface area contributed by atoms with E-state index >= 15 is 0 Å². The standard InChI is InChI=1S/C11H11N5O3/c1-15(2)7-12-10-5-3-8(13-14-10)9-4-6-11(19-9)16(17)18/h3-7H,1-2H3/b12-7+. The highest BCUT2D eigenvalue weighted by atomic mass is 16.6. The van der Waals surface area contributed by atoms with E-state index < -0.39 is 4.92 Å². The molecule has 8 nitrogen and oxygen atoms in total. The summed E-state index contributed by atoms with van der Waals surface area (Å²) in [5.41, 5.74) is 0.414. The lowest BCUT2D eigenvalue weighted by Crippen LogP contribution is -2.07. The summed E-state index contributed by atoms with van der Waals surface area (Å²) in [4.78, 5) is 15.7. The van der Waals surface area contributed by atoms with Crippen molar-refractivity contribution in [2.24, 2.45) is 4.99 Å². The maximum absolute atomic E-state index is 10.5. The second kappa shape index (κ2) is 5.25. The zero-order valence-electron chi connectivity index (χ0n) is 10.3. The van der Waals surface area contributed by atoms with Gasteiger partial charge in [-0.15, -0.1) is 10.2 Å². The van der Waals surface area contributed by atoms with Crippen molar-refractivity contribution in [3.05, 3.63) is 34.4 Å². The van der Waals surface area contributed by atoms with Crippen LogP contribution in [0.1, 0.15) is 0 Å². The second-order valence-electron chi connectivity index (χ2n) is 3.88. The number of rotatable bonds is 4. The van der Waals surface area contributed by atoms with Gasteiger partial charge in [-0.25, -0.2) is 4.99 Å². The third-order valence-corrected chi connectivity index (χ3v) is 2.10. The van der Waals surface area contributed by atoms with Crippen molar-refractivity contribution >= 4 is 18.0 Å². The molecule has 2 heterocycles. The van der Waals surface area contributed by atoms with Crippen molar-refractivity contribution in [3.8, 4) is 11.5 Å². The van der Waals surface area contributed by atoms with Gasteiger partial charge in [0, 0.05) is 14.1 Å². The fourth-order valence-corrected chi connectivity index (χ4v) is 1.26. The van der Waals surface area contributed by atoms with Crippen molar-refractivity contribution in [3.63, 3.8) is 0 Å². The Kier molecular flexibility index (Phi) is 3.51. The molecule has 2 aromatic heterocycles. The molecule has 0 amide bonds. The predicted molar refractivity (Wildman–Crippen MR) is 68.2 cm³/mol. The van der Waals surface area contributed by atoms with Crippen LogP contribution in [-0.2, 0) is 0 Å². The molecule has 0 radical (unpaired) electrons. The molecule has 98 valence electrons. The summed E-state index contributed by atoms with van der Waals surface area (Å²) in [6, 6.07) is 6.04. The fraction of sp³-hybridized carbons (Fsp3) is 0.182. The van der Waals surface area contributed by atoms with E-state index in [2.05, 4.69) is 15.2 Å². The normalized spacial score (nSPS) is 10.8. The van der Waals surface area contributed by atoms with Gasteiger partial charge in [0.15, 0.2) is 11.6 Å². The summed E-state index contributed by atoms with van der Waals surface area (Å²) in [6.45, 7) is 0. The van der Waals surface area contributed by atoms with Gasteiger partial charge in [0.2, 0.25) is 0 Å². The highest BCUT2D eigenvalue weighted by Crippen LogP contribution is 2.24. The molecule has 2 rings (SSSR count). The van der Waals surface area contributed by atoms with Gasteiger partial charge >= 0.3 is 5.88 Å². The van der Waals surface area contributed by atoms with E-state index in [0.717, 1.165) is 0 Å².